The van der Waals surface area contributed by atoms with Crippen LogP contribution in [0.15, 0.2) is 0 Å². The van der Waals surface area contributed by atoms with Gasteiger partial charge in [0.2, 0.25) is 10.0 Å². The first-order valence-corrected chi connectivity index (χ1v) is 7.32. The fraction of sp³-hybridized carbons (Fsp3) is 0.889. The molecule has 0 saturated carbocycles. The molecule has 1 atom stereocenters. The average Bonchev–Trinajstić information content (AvgIpc) is 2.25. The van der Waals surface area contributed by atoms with Crippen LogP contribution in [-0.4, -0.2) is 67.7 Å². The van der Waals surface area contributed by atoms with Gasteiger partial charge < -0.3 is 10.6 Å². The number of alkyl halides is 3. The summed E-state index contributed by atoms with van der Waals surface area (Å²) in [7, 11) is -3.40. The predicted molar refractivity (Wildman–Crippen MR) is 61.6 cm³/mol. The molecule has 1 fully saturated rings. The van der Waals surface area contributed by atoms with E-state index in [9.17, 15) is 26.4 Å². The second-order valence-electron chi connectivity index (χ2n) is 4.65. The number of halogens is 3. The van der Waals surface area contributed by atoms with E-state index in [0.717, 1.165) is 15.5 Å². The topological polar surface area (TPSA) is 83.7 Å². The molecule has 0 spiro atoms. The number of hydrogen-bond donors (Lipinski definition) is 1. The minimum Gasteiger partial charge on any atom is -0.338 e. The zero-order valence-corrected chi connectivity index (χ0v) is 11.4. The fourth-order valence-electron chi connectivity index (χ4n) is 1.67. The normalized spacial score (nSPS) is 22.1. The lowest BCUT2D eigenvalue weighted by atomic mass is 10.0. The summed E-state index contributed by atoms with van der Waals surface area (Å²) in [6.07, 6.45) is -3.84. The first kappa shape index (κ1) is 16.2. The number of hydrogen-bond acceptors (Lipinski definition) is 4. The summed E-state index contributed by atoms with van der Waals surface area (Å²) in [5, 5.41) is 0. The smallest absolute Gasteiger partial charge is 0.338 e. The van der Waals surface area contributed by atoms with Crippen LogP contribution in [0.3, 0.4) is 0 Å². The maximum Gasteiger partial charge on any atom is 0.415 e. The van der Waals surface area contributed by atoms with Crippen LogP contribution in [-0.2, 0) is 14.8 Å². The van der Waals surface area contributed by atoms with Crippen molar-refractivity contribution in [3.63, 3.8) is 0 Å². The van der Waals surface area contributed by atoms with Gasteiger partial charge in [0.15, 0.2) is 5.54 Å². The molecule has 112 valence electrons. The molecule has 1 amide bonds. The third-order valence-corrected chi connectivity index (χ3v) is 4.33. The highest BCUT2D eigenvalue weighted by molar-refractivity contribution is 7.88. The van der Waals surface area contributed by atoms with Gasteiger partial charge in [-0.05, 0) is 6.92 Å². The lowest BCUT2D eigenvalue weighted by Gasteiger charge is -2.38. The molecule has 1 rings (SSSR count). The van der Waals surface area contributed by atoms with Gasteiger partial charge in [0.1, 0.15) is 0 Å². The van der Waals surface area contributed by atoms with E-state index in [0.29, 0.717) is 6.92 Å². The van der Waals surface area contributed by atoms with Gasteiger partial charge in [-0.15, -0.1) is 0 Å². The van der Waals surface area contributed by atoms with Gasteiger partial charge in [-0.2, -0.15) is 17.5 Å². The van der Waals surface area contributed by atoms with Crippen molar-refractivity contribution >= 4 is 15.9 Å². The zero-order chi connectivity index (χ0) is 15.1. The number of piperazine rings is 1. The lowest BCUT2D eigenvalue weighted by molar-refractivity contribution is -0.194. The van der Waals surface area contributed by atoms with Crippen molar-refractivity contribution in [2.45, 2.75) is 18.6 Å². The maximum atomic E-state index is 12.6. The minimum atomic E-state index is -4.85. The number of sulfonamides is 1. The number of carbonyl (C=O) groups is 1. The first-order chi connectivity index (χ1) is 8.37. The van der Waals surface area contributed by atoms with E-state index in [2.05, 4.69) is 0 Å². The maximum absolute atomic E-state index is 12.6. The summed E-state index contributed by atoms with van der Waals surface area (Å²) in [5.74, 6) is -1.24. The second-order valence-corrected chi connectivity index (χ2v) is 6.64. The van der Waals surface area contributed by atoms with Crippen LogP contribution in [0.4, 0.5) is 13.2 Å². The van der Waals surface area contributed by atoms with Gasteiger partial charge in [0.25, 0.3) is 5.91 Å². The SMILES string of the molecule is CC(N)(C(=O)N1CCN(S(C)(=O)=O)CC1)C(F)(F)F. The van der Waals surface area contributed by atoms with Gasteiger partial charge in [-0.25, -0.2) is 8.42 Å². The quantitative estimate of drug-likeness (QED) is 0.736. The van der Waals surface area contributed by atoms with Gasteiger partial charge in [-0.3, -0.25) is 4.79 Å². The van der Waals surface area contributed by atoms with Crippen LogP contribution in [0.1, 0.15) is 6.92 Å². The van der Waals surface area contributed by atoms with Crippen LogP contribution >= 0.6 is 0 Å². The molecule has 0 aliphatic carbocycles. The van der Waals surface area contributed by atoms with Crippen molar-refractivity contribution in [2.24, 2.45) is 5.73 Å². The molecule has 6 nitrogen and oxygen atoms in total. The molecule has 1 unspecified atom stereocenters. The second kappa shape index (κ2) is 4.91. The molecule has 1 aliphatic heterocycles. The van der Waals surface area contributed by atoms with Gasteiger partial charge in [-0.1, -0.05) is 0 Å². The van der Waals surface area contributed by atoms with Crippen molar-refractivity contribution in [1.29, 1.82) is 0 Å². The van der Waals surface area contributed by atoms with Crippen LogP contribution in [0.2, 0.25) is 0 Å². The Morgan fingerprint density at radius 2 is 1.58 bits per heavy atom. The highest BCUT2D eigenvalue weighted by Crippen LogP contribution is 2.29. The first-order valence-electron chi connectivity index (χ1n) is 5.47. The van der Waals surface area contributed by atoms with Crippen LogP contribution in [0, 0.1) is 0 Å². The molecule has 0 aromatic carbocycles. The summed E-state index contributed by atoms with van der Waals surface area (Å²) in [5.41, 5.74) is 2.08. The van der Waals surface area contributed by atoms with E-state index in [4.69, 9.17) is 5.73 Å². The Kier molecular flexibility index (Phi) is 4.18. The van der Waals surface area contributed by atoms with E-state index >= 15 is 0 Å². The Morgan fingerprint density at radius 1 is 1.16 bits per heavy atom. The number of amides is 1. The van der Waals surface area contributed by atoms with Crippen molar-refractivity contribution in [1.82, 2.24) is 9.21 Å². The summed E-state index contributed by atoms with van der Waals surface area (Å²) < 4.78 is 61.5. The van der Waals surface area contributed by atoms with Crippen molar-refractivity contribution in [3.8, 4) is 0 Å². The molecule has 1 aliphatic rings. The Hall–Kier alpha value is -0.870. The molecule has 1 saturated heterocycles. The third-order valence-electron chi connectivity index (χ3n) is 3.03. The van der Waals surface area contributed by atoms with Crippen molar-refractivity contribution < 1.29 is 26.4 Å². The molecule has 0 radical (unpaired) electrons. The van der Waals surface area contributed by atoms with E-state index in [1.54, 1.807) is 0 Å². The van der Waals surface area contributed by atoms with Crippen LogP contribution < -0.4 is 5.73 Å². The number of carbonyl (C=O) groups excluding carboxylic acids is 1. The summed E-state index contributed by atoms with van der Waals surface area (Å²) in [6.45, 7) is 0.346. The molecular weight excluding hydrogens is 287 g/mol. The zero-order valence-electron chi connectivity index (χ0n) is 10.6. The molecule has 1 heterocycles. The van der Waals surface area contributed by atoms with E-state index in [1.165, 1.54) is 0 Å². The van der Waals surface area contributed by atoms with Crippen molar-refractivity contribution in [3.05, 3.63) is 0 Å². The highest BCUT2D eigenvalue weighted by atomic mass is 32.2. The molecule has 0 aromatic rings. The standard InChI is InChI=1S/C9H16F3N3O3S/c1-8(13,9(10,11)12)7(16)14-3-5-15(6-4-14)19(2,17)18/h3-6,13H2,1-2H3. The van der Waals surface area contributed by atoms with Gasteiger partial charge in [0, 0.05) is 26.2 Å². The summed E-state index contributed by atoms with van der Waals surface area (Å²) in [4.78, 5) is 12.7. The molecular formula is C9H16F3N3O3S. The highest BCUT2D eigenvalue weighted by Gasteiger charge is 2.55. The molecule has 0 bridgehead atoms. The van der Waals surface area contributed by atoms with E-state index in [1.807, 2.05) is 0 Å². The molecule has 2 N–H and O–H groups in total. The van der Waals surface area contributed by atoms with Crippen molar-refractivity contribution in [2.75, 3.05) is 32.4 Å². The third kappa shape index (κ3) is 3.37. The Balaban J connectivity index is 2.74. The van der Waals surface area contributed by atoms with Gasteiger partial charge in [0.05, 0.1) is 6.26 Å². The van der Waals surface area contributed by atoms with Crippen LogP contribution in [0.5, 0.6) is 0 Å². The largest absolute Gasteiger partial charge is 0.415 e. The Bertz CT molecular complexity index is 453. The van der Waals surface area contributed by atoms with Crippen LogP contribution in [0.25, 0.3) is 0 Å². The van der Waals surface area contributed by atoms with E-state index < -0.39 is 27.6 Å². The summed E-state index contributed by atoms with van der Waals surface area (Å²) >= 11 is 0. The molecule has 19 heavy (non-hydrogen) atoms. The lowest BCUT2D eigenvalue weighted by Crippen LogP contribution is -2.64. The average molecular weight is 303 g/mol. The number of rotatable bonds is 2. The monoisotopic (exact) mass is 303 g/mol. The predicted octanol–water partition coefficient (Wildman–Crippen LogP) is -0.630. The summed E-state index contributed by atoms with van der Waals surface area (Å²) in [6, 6.07) is 0. The Labute approximate surface area is 109 Å². The van der Waals surface area contributed by atoms with E-state index in [-0.39, 0.29) is 26.2 Å². The molecule has 0 aromatic heterocycles. The number of nitrogens with two attached hydrogens (primary N) is 1. The minimum absolute atomic E-state index is 0.0293. The molecule has 10 heteroatoms. The Morgan fingerprint density at radius 3 is 1.89 bits per heavy atom. The number of nitrogens with zero attached hydrogens (tertiary/aromatic N) is 2. The fourth-order valence-corrected chi connectivity index (χ4v) is 2.50. The van der Waals surface area contributed by atoms with Gasteiger partial charge >= 0.3 is 6.18 Å².